The van der Waals surface area contributed by atoms with Gasteiger partial charge in [-0.1, -0.05) is 55.8 Å². The first-order valence-electron chi connectivity index (χ1n) is 9.06. The van der Waals surface area contributed by atoms with Crippen molar-refractivity contribution in [1.82, 2.24) is 4.90 Å². The number of unbranched alkanes of at least 4 members (excludes halogenated alkanes) is 1. The molecule has 0 aromatic heterocycles. The number of nitrogens with one attached hydrogen (secondary N) is 1. The molecule has 4 heteroatoms. The van der Waals surface area contributed by atoms with Crippen LogP contribution in [0.15, 0.2) is 54.6 Å². The number of carbonyl (C=O) groups is 1. The number of nitrogens with zero attached hydrogens (tertiary/aromatic N) is 1. The monoisotopic (exact) mass is 352 g/mol. The van der Waals surface area contributed by atoms with E-state index in [1.165, 1.54) is 0 Å². The molecule has 0 bridgehead atoms. The van der Waals surface area contributed by atoms with Gasteiger partial charge in [-0.2, -0.15) is 0 Å². The zero-order chi connectivity index (χ0) is 18.8. The van der Waals surface area contributed by atoms with Crippen molar-refractivity contribution >= 4 is 17.8 Å². The van der Waals surface area contributed by atoms with E-state index in [1.54, 1.807) is 7.11 Å². The number of rotatable bonds is 8. The number of hydrogen-bond acceptors (Lipinski definition) is 2. The molecule has 1 N–H and O–H groups in total. The molecule has 0 aliphatic carbocycles. The second kappa shape index (κ2) is 10.3. The van der Waals surface area contributed by atoms with E-state index in [2.05, 4.69) is 12.2 Å². The highest BCUT2D eigenvalue weighted by molar-refractivity contribution is 5.89. The third-order valence-corrected chi connectivity index (χ3v) is 4.10. The Bertz CT molecular complexity index is 740. The summed E-state index contributed by atoms with van der Waals surface area (Å²) in [6.45, 7) is 5.42. The Labute approximate surface area is 156 Å². The molecule has 2 amide bonds. The molecular weight excluding hydrogens is 324 g/mol. The molecule has 0 saturated carbocycles. The number of urea groups is 1. The number of anilines is 1. The summed E-state index contributed by atoms with van der Waals surface area (Å²) in [7, 11) is 1.66. The third-order valence-electron chi connectivity index (χ3n) is 4.10. The van der Waals surface area contributed by atoms with Gasteiger partial charge in [-0.3, -0.25) is 0 Å². The van der Waals surface area contributed by atoms with E-state index in [-0.39, 0.29) is 6.03 Å². The molecule has 0 heterocycles. The molecule has 2 aromatic carbocycles. The molecule has 0 spiro atoms. The molecule has 0 radical (unpaired) electrons. The predicted molar refractivity (Wildman–Crippen MR) is 109 cm³/mol. The summed E-state index contributed by atoms with van der Waals surface area (Å²) in [5, 5.41) is 2.99. The minimum absolute atomic E-state index is 0.0753. The number of ether oxygens (including phenoxy) is 1. The van der Waals surface area contributed by atoms with Crippen LogP contribution in [0.5, 0.6) is 5.75 Å². The molecule has 0 fully saturated rings. The summed E-state index contributed by atoms with van der Waals surface area (Å²) >= 11 is 0. The summed E-state index contributed by atoms with van der Waals surface area (Å²) in [6, 6.07) is 15.6. The van der Waals surface area contributed by atoms with Gasteiger partial charge in [-0.25, -0.2) is 4.79 Å². The molecule has 26 heavy (non-hydrogen) atoms. The SMILES string of the molecule is CCCCN(C/C=C/c1ccccc1OC)C(=O)Nc1cccc(C)c1. The van der Waals surface area contributed by atoms with Crippen molar-refractivity contribution in [3.05, 3.63) is 65.7 Å². The van der Waals surface area contributed by atoms with Gasteiger partial charge in [0.25, 0.3) is 0 Å². The molecule has 0 saturated heterocycles. The van der Waals surface area contributed by atoms with Gasteiger partial charge in [0.2, 0.25) is 0 Å². The molecule has 2 rings (SSSR count). The second-order valence-electron chi connectivity index (χ2n) is 6.24. The van der Waals surface area contributed by atoms with Crippen LogP contribution in [0.25, 0.3) is 6.08 Å². The minimum atomic E-state index is -0.0753. The zero-order valence-corrected chi connectivity index (χ0v) is 15.9. The molecular formula is C22H28N2O2. The third kappa shape index (κ3) is 5.96. The van der Waals surface area contributed by atoms with Crippen molar-refractivity contribution in [3.63, 3.8) is 0 Å². The van der Waals surface area contributed by atoms with Gasteiger partial charge >= 0.3 is 6.03 Å². The average molecular weight is 352 g/mol. The Balaban J connectivity index is 2.04. The van der Waals surface area contributed by atoms with Gasteiger partial charge in [0.15, 0.2) is 0 Å². The highest BCUT2D eigenvalue weighted by atomic mass is 16.5. The Hall–Kier alpha value is -2.75. The van der Waals surface area contributed by atoms with E-state index in [1.807, 2.05) is 72.5 Å². The van der Waals surface area contributed by atoms with Crippen molar-refractivity contribution in [3.8, 4) is 5.75 Å². The maximum Gasteiger partial charge on any atom is 0.322 e. The lowest BCUT2D eigenvalue weighted by Gasteiger charge is -2.21. The van der Waals surface area contributed by atoms with Gasteiger partial charge in [-0.05, 0) is 37.1 Å². The van der Waals surface area contributed by atoms with Crippen molar-refractivity contribution in [2.24, 2.45) is 0 Å². The standard InChI is InChI=1S/C22H28N2O2/c1-4-5-15-24(22(25)23-20-13-8-10-18(2)17-20)16-9-12-19-11-6-7-14-21(19)26-3/h6-14,17H,4-5,15-16H2,1-3H3,(H,23,25)/b12-9+. The fraction of sp³-hybridized carbons (Fsp3) is 0.318. The summed E-state index contributed by atoms with van der Waals surface area (Å²) in [4.78, 5) is 14.5. The second-order valence-corrected chi connectivity index (χ2v) is 6.24. The molecule has 0 atom stereocenters. The van der Waals surface area contributed by atoms with E-state index in [0.29, 0.717) is 6.54 Å². The number of amides is 2. The van der Waals surface area contributed by atoms with Crippen LogP contribution in [0.1, 0.15) is 30.9 Å². The fourth-order valence-electron chi connectivity index (χ4n) is 2.66. The van der Waals surface area contributed by atoms with E-state index >= 15 is 0 Å². The Morgan fingerprint density at radius 2 is 2.00 bits per heavy atom. The molecule has 2 aromatic rings. The molecule has 0 aliphatic rings. The van der Waals surface area contributed by atoms with E-state index in [4.69, 9.17) is 4.74 Å². The first-order chi connectivity index (χ1) is 12.6. The van der Waals surface area contributed by atoms with Gasteiger partial charge in [0.1, 0.15) is 5.75 Å². The lowest BCUT2D eigenvalue weighted by Crippen LogP contribution is -2.35. The smallest absolute Gasteiger partial charge is 0.322 e. The first-order valence-corrected chi connectivity index (χ1v) is 9.06. The number of benzene rings is 2. The van der Waals surface area contributed by atoms with Crippen LogP contribution in [-0.4, -0.2) is 31.1 Å². The summed E-state index contributed by atoms with van der Waals surface area (Å²) < 4.78 is 5.36. The van der Waals surface area contributed by atoms with Crippen LogP contribution >= 0.6 is 0 Å². The number of hydrogen-bond donors (Lipinski definition) is 1. The normalized spacial score (nSPS) is 10.7. The van der Waals surface area contributed by atoms with Crippen molar-refractivity contribution < 1.29 is 9.53 Å². The fourth-order valence-corrected chi connectivity index (χ4v) is 2.66. The highest BCUT2D eigenvalue weighted by Crippen LogP contribution is 2.18. The van der Waals surface area contributed by atoms with Crippen molar-refractivity contribution in [1.29, 1.82) is 0 Å². The Morgan fingerprint density at radius 3 is 2.73 bits per heavy atom. The number of methoxy groups -OCH3 is 1. The van der Waals surface area contributed by atoms with Gasteiger partial charge < -0.3 is 15.0 Å². The number of carbonyl (C=O) groups excluding carboxylic acids is 1. The van der Waals surface area contributed by atoms with Crippen LogP contribution in [-0.2, 0) is 0 Å². The predicted octanol–water partition coefficient (Wildman–Crippen LogP) is 5.35. The molecule has 0 aliphatic heterocycles. The number of aryl methyl sites for hydroxylation is 1. The molecule has 4 nitrogen and oxygen atoms in total. The van der Waals surface area contributed by atoms with Crippen LogP contribution in [0.3, 0.4) is 0 Å². The van der Waals surface area contributed by atoms with E-state index in [9.17, 15) is 4.79 Å². The molecule has 0 unspecified atom stereocenters. The maximum absolute atomic E-state index is 12.7. The van der Waals surface area contributed by atoms with Gasteiger partial charge in [0.05, 0.1) is 7.11 Å². The summed E-state index contributed by atoms with van der Waals surface area (Å²) in [6.07, 6.45) is 6.02. The highest BCUT2D eigenvalue weighted by Gasteiger charge is 2.12. The largest absolute Gasteiger partial charge is 0.496 e. The Morgan fingerprint density at radius 1 is 1.19 bits per heavy atom. The van der Waals surface area contributed by atoms with Crippen LogP contribution in [0.2, 0.25) is 0 Å². The first kappa shape index (κ1) is 19.6. The van der Waals surface area contributed by atoms with Crippen LogP contribution in [0, 0.1) is 6.92 Å². The van der Waals surface area contributed by atoms with Gasteiger partial charge in [-0.15, -0.1) is 0 Å². The summed E-state index contributed by atoms with van der Waals surface area (Å²) in [5.41, 5.74) is 2.95. The lowest BCUT2D eigenvalue weighted by atomic mass is 10.2. The average Bonchev–Trinajstić information content (AvgIpc) is 2.64. The van der Waals surface area contributed by atoms with Gasteiger partial charge in [0, 0.05) is 24.3 Å². The minimum Gasteiger partial charge on any atom is -0.496 e. The Kier molecular flexibility index (Phi) is 7.75. The van der Waals surface area contributed by atoms with E-state index in [0.717, 1.165) is 42.0 Å². The van der Waals surface area contributed by atoms with Crippen molar-refractivity contribution in [2.75, 3.05) is 25.5 Å². The topological polar surface area (TPSA) is 41.6 Å². The molecule has 138 valence electrons. The van der Waals surface area contributed by atoms with Crippen LogP contribution < -0.4 is 10.1 Å². The number of para-hydroxylation sites is 1. The lowest BCUT2D eigenvalue weighted by molar-refractivity contribution is 0.216. The van der Waals surface area contributed by atoms with E-state index < -0.39 is 0 Å². The van der Waals surface area contributed by atoms with Crippen molar-refractivity contribution in [2.45, 2.75) is 26.7 Å². The van der Waals surface area contributed by atoms with Crippen LogP contribution in [0.4, 0.5) is 10.5 Å². The quantitative estimate of drug-likeness (QED) is 0.696. The maximum atomic E-state index is 12.7. The zero-order valence-electron chi connectivity index (χ0n) is 15.9. The summed E-state index contributed by atoms with van der Waals surface area (Å²) in [5.74, 6) is 0.827.